The summed E-state index contributed by atoms with van der Waals surface area (Å²) in [6.45, 7) is 1.70. The molecule has 8 nitrogen and oxygen atoms in total. The number of aromatic carboxylic acids is 1. The molecule has 0 aromatic carbocycles. The molecular formula is C8H8N4O4. The highest BCUT2D eigenvalue weighted by Crippen LogP contribution is 2.20. The predicted octanol–water partition coefficient (Wildman–Crippen LogP) is 0.964. The van der Waals surface area contributed by atoms with Gasteiger partial charge in [-0.2, -0.15) is 10.4 Å². The third kappa shape index (κ3) is 1.98. The third-order valence-corrected chi connectivity index (χ3v) is 1.97. The van der Waals surface area contributed by atoms with Gasteiger partial charge >= 0.3 is 11.7 Å². The van der Waals surface area contributed by atoms with Crippen LogP contribution in [0.1, 0.15) is 29.9 Å². The zero-order valence-electron chi connectivity index (χ0n) is 8.32. The van der Waals surface area contributed by atoms with Crippen molar-refractivity contribution < 1.29 is 14.8 Å². The zero-order chi connectivity index (χ0) is 12.3. The van der Waals surface area contributed by atoms with Gasteiger partial charge in [0.05, 0.1) is 11.0 Å². The molecule has 8 heteroatoms. The van der Waals surface area contributed by atoms with Gasteiger partial charge in [-0.1, -0.05) is 6.92 Å². The Morgan fingerprint density at radius 3 is 2.81 bits per heavy atom. The van der Waals surface area contributed by atoms with Crippen molar-refractivity contribution >= 4 is 11.7 Å². The number of hydrogen-bond donors (Lipinski definition) is 1. The molecule has 1 N–H and O–H groups in total. The molecular weight excluding hydrogens is 216 g/mol. The fourth-order valence-electron chi connectivity index (χ4n) is 1.17. The SMILES string of the molecule is CCC(C#N)n1cc([N+](=O)[O-])c(C(=O)O)n1. The van der Waals surface area contributed by atoms with Crippen LogP contribution in [0, 0.1) is 21.4 Å². The largest absolute Gasteiger partial charge is 0.476 e. The normalized spacial score (nSPS) is 11.8. The summed E-state index contributed by atoms with van der Waals surface area (Å²) in [5.74, 6) is -1.49. The van der Waals surface area contributed by atoms with E-state index in [0.717, 1.165) is 10.9 Å². The van der Waals surface area contributed by atoms with E-state index >= 15 is 0 Å². The second-order valence-corrected chi connectivity index (χ2v) is 2.96. The highest BCUT2D eigenvalue weighted by Gasteiger charge is 2.26. The Labute approximate surface area is 89.9 Å². The lowest BCUT2D eigenvalue weighted by Crippen LogP contribution is -2.08. The summed E-state index contributed by atoms with van der Waals surface area (Å²) in [6.07, 6.45) is 1.34. The van der Waals surface area contributed by atoms with E-state index in [1.807, 2.05) is 6.07 Å². The van der Waals surface area contributed by atoms with E-state index in [1.54, 1.807) is 6.92 Å². The maximum absolute atomic E-state index is 10.7. The van der Waals surface area contributed by atoms with E-state index in [1.165, 1.54) is 0 Å². The molecule has 1 atom stereocenters. The van der Waals surface area contributed by atoms with Crippen molar-refractivity contribution in [2.75, 3.05) is 0 Å². The minimum Gasteiger partial charge on any atom is -0.476 e. The Kier molecular flexibility index (Phi) is 3.20. The van der Waals surface area contributed by atoms with E-state index in [4.69, 9.17) is 10.4 Å². The molecule has 1 rings (SSSR count). The van der Waals surface area contributed by atoms with Crippen molar-refractivity contribution in [3.8, 4) is 6.07 Å². The van der Waals surface area contributed by atoms with Gasteiger partial charge in [-0.3, -0.25) is 10.1 Å². The van der Waals surface area contributed by atoms with Crippen LogP contribution in [0.15, 0.2) is 6.20 Å². The van der Waals surface area contributed by atoms with Crippen LogP contribution in [-0.2, 0) is 0 Å². The molecule has 0 radical (unpaired) electrons. The average molecular weight is 224 g/mol. The minimum absolute atomic E-state index is 0.383. The number of hydrogen-bond acceptors (Lipinski definition) is 5. The van der Waals surface area contributed by atoms with Crippen LogP contribution in [0.4, 0.5) is 5.69 Å². The topological polar surface area (TPSA) is 122 Å². The molecule has 0 saturated carbocycles. The van der Waals surface area contributed by atoms with Gasteiger partial charge in [-0.15, -0.1) is 0 Å². The van der Waals surface area contributed by atoms with Gasteiger partial charge in [0.2, 0.25) is 5.69 Å². The first-order chi connectivity index (χ1) is 7.51. The van der Waals surface area contributed by atoms with Crippen LogP contribution in [0.25, 0.3) is 0 Å². The van der Waals surface area contributed by atoms with Gasteiger partial charge in [-0.05, 0) is 6.42 Å². The van der Waals surface area contributed by atoms with E-state index in [0.29, 0.717) is 6.42 Å². The summed E-state index contributed by atoms with van der Waals surface area (Å²) < 4.78 is 1.00. The predicted molar refractivity (Wildman–Crippen MR) is 50.8 cm³/mol. The Balaban J connectivity index is 3.27. The fourth-order valence-corrected chi connectivity index (χ4v) is 1.17. The van der Waals surface area contributed by atoms with Crippen molar-refractivity contribution in [2.24, 2.45) is 0 Å². The lowest BCUT2D eigenvalue weighted by Gasteiger charge is -2.03. The van der Waals surface area contributed by atoms with Crippen molar-refractivity contribution in [2.45, 2.75) is 19.4 Å². The molecule has 0 aliphatic heterocycles. The monoisotopic (exact) mass is 224 g/mol. The standard InChI is InChI=1S/C8H8N4O4/c1-2-5(3-9)11-4-6(12(15)16)7(10-11)8(13)14/h4-5H,2H2,1H3,(H,13,14). The number of nitrogens with zero attached hydrogens (tertiary/aromatic N) is 4. The van der Waals surface area contributed by atoms with Gasteiger partial charge in [0, 0.05) is 0 Å². The molecule has 0 fully saturated rings. The van der Waals surface area contributed by atoms with Crippen LogP contribution >= 0.6 is 0 Å². The van der Waals surface area contributed by atoms with Crippen molar-refractivity contribution in [3.63, 3.8) is 0 Å². The van der Waals surface area contributed by atoms with Gasteiger partial charge < -0.3 is 5.11 Å². The van der Waals surface area contributed by atoms with Gasteiger partial charge in [0.25, 0.3) is 0 Å². The second kappa shape index (κ2) is 4.39. The maximum Gasteiger partial charge on any atom is 0.363 e. The van der Waals surface area contributed by atoms with E-state index in [9.17, 15) is 14.9 Å². The highest BCUT2D eigenvalue weighted by molar-refractivity contribution is 5.89. The van der Waals surface area contributed by atoms with Gasteiger partial charge in [0.1, 0.15) is 12.2 Å². The number of nitro groups is 1. The number of carboxylic acids is 1. The first-order valence-electron chi connectivity index (χ1n) is 4.37. The Bertz CT molecular complexity index is 441. The number of carbonyl (C=O) groups is 1. The molecule has 1 heterocycles. The average Bonchev–Trinajstić information content (AvgIpc) is 2.64. The summed E-state index contributed by atoms with van der Waals surface area (Å²) in [4.78, 5) is 20.4. The molecule has 16 heavy (non-hydrogen) atoms. The lowest BCUT2D eigenvalue weighted by atomic mass is 10.2. The number of aromatic nitrogens is 2. The van der Waals surface area contributed by atoms with E-state index in [2.05, 4.69) is 5.10 Å². The first-order valence-corrected chi connectivity index (χ1v) is 4.37. The lowest BCUT2D eigenvalue weighted by molar-refractivity contribution is -0.385. The molecule has 0 aliphatic rings. The van der Waals surface area contributed by atoms with Gasteiger partial charge in [0.15, 0.2) is 0 Å². The molecule has 1 aromatic rings. The molecule has 0 aliphatic carbocycles. The summed E-state index contributed by atoms with van der Waals surface area (Å²) in [5.41, 5.74) is -1.26. The summed E-state index contributed by atoms with van der Waals surface area (Å²) in [5, 5.41) is 31.5. The molecule has 0 amide bonds. The van der Waals surface area contributed by atoms with Crippen molar-refractivity contribution in [1.29, 1.82) is 5.26 Å². The first kappa shape index (κ1) is 11.6. The van der Waals surface area contributed by atoms with Crippen LogP contribution in [0.5, 0.6) is 0 Å². The summed E-state index contributed by atoms with van der Waals surface area (Å²) in [7, 11) is 0. The summed E-state index contributed by atoms with van der Waals surface area (Å²) >= 11 is 0. The Hall–Kier alpha value is -2.43. The highest BCUT2D eigenvalue weighted by atomic mass is 16.6. The molecule has 0 spiro atoms. The van der Waals surface area contributed by atoms with E-state index in [-0.39, 0.29) is 0 Å². The molecule has 0 saturated heterocycles. The molecule has 1 unspecified atom stereocenters. The maximum atomic E-state index is 10.7. The van der Waals surface area contributed by atoms with Crippen LogP contribution < -0.4 is 0 Å². The van der Waals surface area contributed by atoms with Crippen molar-refractivity contribution in [3.05, 3.63) is 22.0 Å². The number of nitriles is 1. The number of rotatable bonds is 4. The Morgan fingerprint density at radius 1 is 1.88 bits per heavy atom. The summed E-state index contributed by atoms with van der Waals surface area (Å²) in [6, 6.07) is 1.17. The molecule has 84 valence electrons. The Morgan fingerprint density at radius 2 is 2.50 bits per heavy atom. The second-order valence-electron chi connectivity index (χ2n) is 2.96. The quantitative estimate of drug-likeness (QED) is 0.600. The van der Waals surface area contributed by atoms with E-state index < -0.39 is 28.3 Å². The molecule has 0 bridgehead atoms. The zero-order valence-corrected chi connectivity index (χ0v) is 8.32. The molecule has 1 aromatic heterocycles. The number of carboxylic acid groups (broad SMARTS) is 1. The van der Waals surface area contributed by atoms with Crippen molar-refractivity contribution in [1.82, 2.24) is 9.78 Å². The third-order valence-electron chi connectivity index (χ3n) is 1.97. The van der Waals surface area contributed by atoms with Crippen LogP contribution in [0.2, 0.25) is 0 Å². The minimum atomic E-state index is -1.49. The fraction of sp³-hybridized carbons (Fsp3) is 0.375. The van der Waals surface area contributed by atoms with Crippen LogP contribution in [-0.4, -0.2) is 25.8 Å². The van der Waals surface area contributed by atoms with Gasteiger partial charge in [-0.25, -0.2) is 9.48 Å². The van der Waals surface area contributed by atoms with Crippen LogP contribution in [0.3, 0.4) is 0 Å². The smallest absolute Gasteiger partial charge is 0.363 e.